The second kappa shape index (κ2) is 6.33. The Balaban J connectivity index is 2.48. The summed E-state index contributed by atoms with van der Waals surface area (Å²) in [4.78, 5) is 13.3. The van der Waals surface area contributed by atoms with Crippen LogP contribution in [0.1, 0.15) is 10.4 Å². The Morgan fingerprint density at radius 3 is 2.42 bits per heavy atom. The number of halogens is 2. The molecule has 5 heteroatoms. The van der Waals surface area contributed by atoms with Crippen molar-refractivity contribution in [3.63, 3.8) is 0 Å². The van der Waals surface area contributed by atoms with Crippen molar-refractivity contribution in [2.24, 2.45) is 0 Å². The third-order valence-electron chi connectivity index (χ3n) is 2.42. The second-order valence-electron chi connectivity index (χ2n) is 3.64. The molecule has 98 valence electrons. The van der Waals surface area contributed by atoms with E-state index in [0.717, 1.165) is 4.90 Å². The van der Waals surface area contributed by atoms with E-state index >= 15 is 0 Å². The predicted octanol–water partition coefficient (Wildman–Crippen LogP) is 4.93. The molecule has 0 saturated heterocycles. The summed E-state index contributed by atoms with van der Waals surface area (Å²) in [5, 5.41) is 0.770. The van der Waals surface area contributed by atoms with Gasteiger partial charge in [-0.3, -0.25) is 0 Å². The Labute approximate surface area is 125 Å². The maximum absolute atomic E-state index is 11.8. The van der Waals surface area contributed by atoms with Gasteiger partial charge >= 0.3 is 5.97 Å². The fourth-order valence-corrected chi connectivity index (χ4v) is 2.99. The van der Waals surface area contributed by atoms with E-state index < -0.39 is 5.97 Å². The number of carbonyl (C=O) groups excluding carboxylic acids is 1. The van der Waals surface area contributed by atoms with Crippen LogP contribution in [0.5, 0.6) is 0 Å². The smallest absolute Gasteiger partial charge is 0.339 e. The first-order valence-electron chi connectivity index (χ1n) is 5.42. The third-order valence-corrected chi connectivity index (χ3v) is 4.47. The molecule has 0 aromatic heterocycles. The third kappa shape index (κ3) is 3.24. The molecule has 0 N–H and O–H groups in total. The molecule has 2 aromatic rings. The molecular formula is C14H10Cl2O2S. The SMILES string of the molecule is COC(=O)c1ccc(Cl)c(Cl)c1Sc1ccccc1. The minimum absolute atomic E-state index is 0.360. The Morgan fingerprint density at radius 2 is 1.79 bits per heavy atom. The summed E-state index contributed by atoms with van der Waals surface area (Å²) in [5.41, 5.74) is 0.408. The normalized spacial score (nSPS) is 10.3. The van der Waals surface area contributed by atoms with Gasteiger partial charge in [0, 0.05) is 9.79 Å². The van der Waals surface area contributed by atoms with Crippen LogP contribution in [0.4, 0.5) is 0 Å². The lowest BCUT2D eigenvalue weighted by atomic mass is 10.2. The van der Waals surface area contributed by atoms with Crippen LogP contribution in [-0.4, -0.2) is 13.1 Å². The molecule has 0 amide bonds. The van der Waals surface area contributed by atoms with Crippen molar-refractivity contribution in [3.8, 4) is 0 Å². The predicted molar refractivity (Wildman–Crippen MR) is 78.4 cm³/mol. The lowest BCUT2D eigenvalue weighted by Gasteiger charge is -2.10. The van der Waals surface area contributed by atoms with Gasteiger partial charge in [-0.25, -0.2) is 4.79 Å². The Kier molecular flexibility index (Phi) is 4.75. The van der Waals surface area contributed by atoms with Crippen LogP contribution in [-0.2, 0) is 4.74 Å². The summed E-state index contributed by atoms with van der Waals surface area (Å²) < 4.78 is 4.76. The van der Waals surface area contributed by atoms with Crippen LogP contribution in [0.3, 0.4) is 0 Å². The highest BCUT2D eigenvalue weighted by atomic mass is 35.5. The molecule has 0 aliphatic rings. The van der Waals surface area contributed by atoms with E-state index in [-0.39, 0.29) is 0 Å². The first-order chi connectivity index (χ1) is 9.13. The highest BCUT2D eigenvalue weighted by molar-refractivity contribution is 7.99. The molecule has 0 heterocycles. The standard InChI is InChI=1S/C14H10Cl2O2S/c1-18-14(17)10-7-8-11(15)12(16)13(10)19-9-5-3-2-4-6-9/h2-8H,1H3. The highest BCUT2D eigenvalue weighted by Crippen LogP contribution is 2.39. The second-order valence-corrected chi connectivity index (χ2v) is 5.51. The summed E-state index contributed by atoms with van der Waals surface area (Å²) in [6.07, 6.45) is 0. The molecule has 19 heavy (non-hydrogen) atoms. The minimum Gasteiger partial charge on any atom is -0.465 e. The number of benzene rings is 2. The van der Waals surface area contributed by atoms with E-state index in [1.54, 1.807) is 12.1 Å². The van der Waals surface area contributed by atoms with Gasteiger partial charge in [-0.05, 0) is 24.3 Å². The Morgan fingerprint density at radius 1 is 1.11 bits per heavy atom. The first kappa shape index (κ1) is 14.3. The van der Waals surface area contributed by atoms with Gasteiger partial charge in [0.05, 0.1) is 22.7 Å². The van der Waals surface area contributed by atoms with Gasteiger partial charge in [-0.1, -0.05) is 53.2 Å². The Hall–Kier alpha value is -1.16. The maximum Gasteiger partial charge on any atom is 0.339 e. The number of carbonyl (C=O) groups is 1. The molecule has 2 rings (SSSR count). The summed E-state index contributed by atoms with van der Waals surface area (Å²) >= 11 is 13.6. The molecule has 0 aliphatic heterocycles. The number of hydrogen-bond acceptors (Lipinski definition) is 3. The summed E-state index contributed by atoms with van der Waals surface area (Å²) in [6.45, 7) is 0. The van der Waals surface area contributed by atoms with Gasteiger partial charge in [0.25, 0.3) is 0 Å². The van der Waals surface area contributed by atoms with Crippen molar-refractivity contribution in [1.29, 1.82) is 0 Å². The van der Waals surface area contributed by atoms with Gasteiger partial charge in [0.1, 0.15) is 0 Å². The van der Waals surface area contributed by atoms with Crippen molar-refractivity contribution < 1.29 is 9.53 Å². The van der Waals surface area contributed by atoms with E-state index in [1.807, 2.05) is 30.3 Å². The van der Waals surface area contributed by atoms with Gasteiger partial charge in [0.2, 0.25) is 0 Å². The molecular weight excluding hydrogens is 303 g/mol. The maximum atomic E-state index is 11.8. The molecule has 0 unspecified atom stereocenters. The summed E-state index contributed by atoms with van der Waals surface area (Å²) in [6, 6.07) is 12.8. The average Bonchev–Trinajstić information content (AvgIpc) is 2.44. The number of rotatable bonds is 3. The van der Waals surface area contributed by atoms with Crippen LogP contribution in [0, 0.1) is 0 Å². The lowest BCUT2D eigenvalue weighted by Crippen LogP contribution is -2.03. The minimum atomic E-state index is -0.433. The van der Waals surface area contributed by atoms with Crippen LogP contribution >= 0.6 is 35.0 Å². The number of ether oxygens (including phenoxy) is 1. The van der Waals surface area contributed by atoms with Crippen molar-refractivity contribution in [3.05, 3.63) is 58.1 Å². The zero-order valence-corrected chi connectivity index (χ0v) is 12.4. The van der Waals surface area contributed by atoms with Crippen LogP contribution < -0.4 is 0 Å². The molecule has 0 saturated carbocycles. The van der Waals surface area contributed by atoms with Crippen molar-refractivity contribution >= 4 is 40.9 Å². The quantitative estimate of drug-likeness (QED) is 0.751. The van der Waals surface area contributed by atoms with E-state index in [2.05, 4.69) is 0 Å². The largest absolute Gasteiger partial charge is 0.465 e. The van der Waals surface area contributed by atoms with Crippen LogP contribution in [0.25, 0.3) is 0 Å². The highest BCUT2D eigenvalue weighted by Gasteiger charge is 2.18. The molecule has 0 fully saturated rings. The summed E-state index contributed by atoms with van der Waals surface area (Å²) in [5.74, 6) is -0.433. The fourth-order valence-electron chi connectivity index (χ4n) is 1.51. The zero-order chi connectivity index (χ0) is 13.8. The molecule has 2 nitrogen and oxygen atoms in total. The summed E-state index contributed by atoms with van der Waals surface area (Å²) in [7, 11) is 1.34. The molecule has 0 bridgehead atoms. The van der Waals surface area contributed by atoms with E-state index in [0.29, 0.717) is 20.5 Å². The number of methoxy groups -OCH3 is 1. The number of hydrogen-bond donors (Lipinski definition) is 0. The molecule has 0 spiro atoms. The van der Waals surface area contributed by atoms with E-state index in [4.69, 9.17) is 27.9 Å². The average molecular weight is 313 g/mol. The van der Waals surface area contributed by atoms with Crippen molar-refractivity contribution in [2.75, 3.05) is 7.11 Å². The van der Waals surface area contributed by atoms with Crippen molar-refractivity contribution in [1.82, 2.24) is 0 Å². The van der Waals surface area contributed by atoms with E-state index in [9.17, 15) is 4.79 Å². The molecule has 0 aliphatic carbocycles. The topological polar surface area (TPSA) is 26.3 Å². The van der Waals surface area contributed by atoms with Crippen LogP contribution in [0.2, 0.25) is 10.0 Å². The monoisotopic (exact) mass is 312 g/mol. The van der Waals surface area contributed by atoms with Gasteiger partial charge in [-0.15, -0.1) is 0 Å². The molecule has 0 atom stereocenters. The zero-order valence-electron chi connectivity index (χ0n) is 10.0. The fraction of sp³-hybridized carbons (Fsp3) is 0.0714. The first-order valence-corrected chi connectivity index (χ1v) is 7.00. The van der Waals surface area contributed by atoms with Gasteiger partial charge in [0.15, 0.2) is 0 Å². The van der Waals surface area contributed by atoms with Gasteiger partial charge < -0.3 is 4.74 Å². The number of esters is 1. The van der Waals surface area contributed by atoms with Crippen molar-refractivity contribution in [2.45, 2.75) is 9.79 Å². The van der Waals surface area contributed by atoms with E-state index in [1.165, 1.54) is 18.9 Å². The Bertz CT molecular complexity index is 600. The van der Waals surface area contributed by atoms with Gasteiger partial charge in [-0.2, -0.15) is 0 Å². The molecule has 2 aromatic carbocycles. The molecule has 0 radical (unpaired) electrons. The lowest BCUT2D eigenvalue weighted by molar-refractivity contribution is 0.0597. The van der Waals surface area contributed by atoms with Crippen LogP contribution in [0.15, 0.2) is 52.3 Å².